The lowest BCUT2D eigenvalue weighted by Crippen LogP contribution is -2.13. The minimum Gasteiger partial charge on any atom is -0.485 e. The van der Waals surface area contributed by atoms with Gasteiger partial charge in [-0.2, -0.15) is 18.3 Å². The lowest BCUT2D eigenvalue weighted by Gasteiger charge is -2.09. The van der Waals surface area contributed by atoms with E-state index in [2.05, 4.69) is 10.1 Å². The predicted octanol–water partition coefficient (Wildman–Crippen LogP) is 1.64. The largest absolute Gasteiger partial charge is 0.485 e. The number of halogens is 3. The van der Waals surface area contributed by atoms with Crippen molar-refractivity contribution in [1.29, 1.82) is 0 Å². The van der Waals surface area contributed by atoms with Crippen molar-refractivity contribution in [2.45, 2.75) is 26.3 Å². The molecule has 0 fully saturated rings. The number of nitrogens with two attached hydrogens (primary N) is 3. The van der Waals surface area contributed by atoms with Crippen molar-refractivity contribution in [3.8, 4) is 5.75 Å². The van der Waals surface area contributed by atoms with Gasteiger partial charge in [0.05, 0.1) is 0 Å². The molecule has 2 aromatic heterocycles. The van der Waals surface area contributed by atoms with E-state index in [1.165, 1.54) is 6.07 Å². The van der Waals surface area contributed by atoms with E-state index < -0.39 is 11.9 Å². The minimum atomic E-state index is -4.48. The molecular weight excluding hydrogens is 301 g/mol. The molecule has 22 heavy (non-hydrogen) atoms. The van der Waals surface area contributed by atoms with E-state index in [4.69, 9.17) is 21.9 Å². The van der Waals surface area contributed by atoms with Crippen LogP contribution in [0.2, 0.25) is 0 Å². The predicted molar refractivity (Wildman–Crippen MR) is 74.7 cm³/mol. The molecule has 6 N–H and O–H groups in total. The molecule has 0 spiro atoms. The number of pyridine rings is 1. The van der Waals surface area contributed by atoms with Crippen LogP contribution < -0.4 is 21.9 Å². The molecule has 2 rings (SSSR count). The number of rotatable bonds is 4. The van der Waals surface area contributed by atoms with Crippen LogP contribution in [0.1, 0.15) is 18.3 Å². The highest BCUT2D eigenvalue weighted by molar-refractivity contribution is 5.69. The molecule has 0 aliphatic carbocycles. The number of hydrogen-bond acceptors (Lipinski definition) is 6. The minimum absolute atomic E-state index is 0.00920. The Morgan fingerprint density at radius 2 is 1.91 bits per heavy atom. The number of alkyl halides is 3. The molecule has 2 heterocycles. The van der Waals surface area contributed by atoms with Crippen molar-refractivity contribution in [2.24, 2.45) is 0 Å². The van der Waals surface area contributed by atoms with Crippen molar-refractivity contribution in [3.63, 3.8) is 0 Å². The van der Waals surface area contributed by atoms with Crippen LogP contribution in [-0.4, -0.2) is 14.8 Å². The Bertz CT molecular complexity index is 682. The Hall–Kier alpha value is -2.65. The van der Waals surface area contributed by atoms with Gasteiger partial charge in [-0.1, -0.05) is 0 Å². The second-order valence-corrected chi connectivity index (χ2v) is 4.47. The summed E-state index contributed by atoms with van der Waals surface area (Å²) in [4.78, 5) is 3.73. The van der Waals surface area contributed by atoms with E-state index in [1.54, 1.807) is 6.92 Å². The third-order valence-corrected chi connectivity index (χ3v) is 2.87. The summed E-state index contributed by atoms with van der Waals surface area (Å²) in [6.45, 7) is 1.45. The molecule has 0 aromatic carbocycles. The second-order valence-electron chi connectivity index (χ2n) is 4.47. The molecule has 0 aliphatic rings. The van der Waals surface area contributed by atoms with Crippen molar-refractivity contribution in [3.05, 3.63) is 23.5 Å². The maximum Gasteiger partial charge on any atom is 0.433 e. The second kappa shape index (κ2) is 5.62. The molecule has 10 heteroatoms. The number of hydrogen-bond donors (Lipinski definition) is 3. The number of aromatic nitrogens is 3. The smallest absolute Gasteiger partial charge is 0.433 e. The van der Waals surface area contributed by atoms with E-state index in [0.717, 1.165) is 10.7 Å². The van der Waals surface area contributed by atoms with Crippen LogP contribution in [0, 0.1) is 0 Å². The third kappa shape index (κ3) is 3.15. The lowest BCUT2D eigenvalue weighted by molar-refractivity contribution is -0.144. The highest BCUT2D eigenvalue weighted by Crippen LogP contribution is 2.31. The van der Waals surface area contributed by atoms with Gasteiger partial charge in [-0.05, 0) is 13.0 Å². The summed E-state index contributed by atoms with van der Waals surface area (Å²) < 4.78 is 44.7. The van der Waals surface area contributed by atoms with Crippen molar-refractivity contribution in [1.82, 2.24) is 14.8 Å². The van der Waals surface area contributed by atoms with Gasteiger partial charge in [-0.3, -0.25) is 4.68 Å². The fourth-order valence-electron chi connectivity index (χ4n) is 1.85. The Morgan fingerprint density at radius 1 is 1.23 bits per heavy atom. The molecule has 0 saturated carbocycles. The van der Waals surface area contributed by atoms with Gasteiger partial charge in [-0.25, -0.2) is 4.98 Å². The quantitative estimate of drug-likeness (QED) is 0.789. The van der Waals surface area contributed by atoms with Gasteiger partial charge in [0, 0.05) is 12.6 Å². The van der Waals surface area contributed by atoms with Gasteiger partial charge in [0.25, 0.3) is 0 Å². The fraction of sp³-hybridized carbons (Fsp3) is 0.333. The van der Waals surface area contributed by atoms with Gasteiger partial charge in [-0.15, -0.1) is 0 Å². The summed E-state index contributed by atoms with van der Waals surface area (Å²) in [5.74, 6) is 0.228. The van der Waals surface area contributed by atoms with E-state index in [-0.39, 0.29) is 41.9 Å². The number of anilines is 3. The molecule has 120 valence electrons. The summed E-state index contributed by atoms with van der Waals surface area (Å²) in [5.41, 5.74) is 16.1. The number of ether oxygens (including phenoxy) is 1. The number of nitrogens with zero attached hydrogens (tertiary/aromatic N) is 3. The monoisotopic (exact) mass is 316 g/mol. The third-order valence-electron chi connectivity index (χ3n) is 2.87. The highest BCUT2D eigenvalue weighted by Gasteiger charge is 2.35. The zero-order valence-electron chi connectivity index (χ0n) is 11.7. The van der Waals surface area contributed by atoms with Gasteiger partial charge in [0.1, 0.15) is 35.2 Å². The molecule has 0 radical (unpaired) electrons. The van der Waals surface area contributed by atoms with E-state index >= 15 is 0 Å². The zero-order chi connectivity index (χ0) is 16.5. The van der Waals surface area contributed by atoms with Crippen LogP contribution >= 0.6 is 0 Å². The van der Waals surface area contributed by atoms with Crippen molar-refractivity contribution >= 4 is 17.3 Å². The number of aryl methyl sites for hydroxylation is 1. The van der Waals surface area contributed by atoms with Crippen LogP contribution in [0.5, 0.6) is 5.75 Å². The standard InChI is InChI=1S/C12H15F3N6O/c1-2-21-8(12(13,14)15)3-6(20-21)5-22-7-4-9(16)19-11(18)10(7)17/h3-4H,2,5,17H2,1H3,(H4,16,18,19). The lowest BCUT2D eigenvalue weighted by atomic mass is 10.3. The molecule has 0 unspecified atom stereocenters. The average Bonchev–Trinajstić information content (AvgIpc) is 2.84. The Balaban J connectivity index is 2.21. The topological polar surface area (TPSA) is 118 Å². The fourth-order valence-corrected chi connectivity index (χ4v) is 1.85. The Labute approximate surface area is 123 Å². The highest BCUT2D eigenvalue weighted by atomic mass is 19.4. The van der Waals surface area contributed by atoms with Crippen LogP contribution in [0.4, 0.5) is 30.5 Å². The van der Waals surface area contributed by atoms with E-state index in [1.807, 2.05) is 0 Å². The molecule has 7 nitrogen and oxygen atoms in total. The van der Waals surface area contributed by atoms with Crippen molar-refractivity contribution in [2.75, 3.05) is 17.2 Å². The average molecular weight is 316 g/mol. The van der Waals surface area contributed by atoms with Gasteiger partial charge >= 0.3 is 6.18 Å². The molecule has 0 bridgehead atoms. The SMILES string of the molecule is CCn1nc(COc2cc(N)nc(N)c2N)cc1C(F)(F)F. The first kappa shape index (κ1) is 15.7. The molecule has 0 aliphatic heterocycles. The normalized spacial score (nSPS) is 11.6. The summed E-state index contributed by atoms with van der Waals surface area (Å²) in [7, 11) is 0. The first-order valence-electron chi connectivity index (χ1n) is 6.30. The zero-order valence-corrected chi connectivity index (χ0v) is 11.7. The molecule has 0 saturated heterocycles. The first-order chi connectivity index (χ1) is 10.2. The summed E-state index contributed by atoms with van der Waals surface area (Å²) >= 11 is 0. The molecule has 0 amide bonds. The molecule has 0 atom stereocenters. The molecular formula is C12H15F3N6O. The van der Waals surface area contributed by atoms with Gasteiger partial charge in [0.15, 0.2) is 5.82 Å². The van der Waals surface area contributed by atoms with Gasteiger partial charge in [0.2, 0.25) is 0 Å². The van der Waals surface area contributed by atoms with Crippen LogP contribution in [0.15, 0.2) is 12.1 Å². The maximum absolute atomic E-state index is 12.8. The summed E-state index contributed by atoms with van der Waals surface area (Å²) in [6, 6.07) is 2.26. The summed E-state index contributed by atoms with van der Waals surface area (Å²) in [6.07, 6.45) is -4.48. The first-order valence-corrected chi connectivity index (χ1v) is 6.30. The van der Waals surface area contributed by atoms with E-state index in [0.29, 0.717) is 0 Å². The Kier molecular flexibility index (Phi) is 4.02. The van der Waals surface area contributed by atoms with Crippen LogP contribution in [-0.2, 0) is 19.3 Å². The van der Waals surface area contributed by atoms with E-state index in [9.17, 15) is 13.2 Å². The Morgan fingerprint density at radius 3 is 2.45 bits per heavy atom. The van der Waals surface area contributed by atoms with Gasteiger partial charge < -0.3 is 21.9 Å². The number of nitrogen functional groups attached to an aromatic ring is 3. The van der Waals surface area contributed by atoms with Crippen molar-refractivity contribution < 1.29 is 17.9 Å². The summed E-state index contributed by atoms with van der Waals surface area (Å²) in [5, 5.41) is 3.84. The van der Waals surface area contributed by atoms with Crippen LogP contribution in [0.3, 0.4) is 0 Å². The van der Waals surface area contributed by atoms with Crippen LogP contribution in [0.25, 0.3) is 0 Å². The molecule has 2 aromatic rings. The maximum atomic E-state index is 12.8.